The van der Waals surface area contributed by atoms with Gasteiger partial charge in [0.1, 0.15) is 11.4 Å². The van der Waals surface area contributed by atoms with Crippen molar-refractivity contribution in [1.82, 2.24) is 9.78 Å². The largest absolute Gasteiger partial charge is 0.493 e. The molecule has 5 heteroatoms. The first-order valence-corrected chi connectivity index (χ1v) is 7.10. The molecule has 20 heavy (non-hydrogen) atoms. The van der Waals surface area contributed by atoms with Gasteiger partial charge in [0.15, 0.2) is 0 Å². The van der Waals surface area contributed by atoms with E-state index in [0.717, 1.165) is 24.2 Å². The van der Waals surface area contributed by atoms with Gasteiger partial charge in [-0.1, -0.05) is 18.5 Å². The lowest BCUT2D eigenvalue weighted by Gasteiger charge is -2.07. The lowest BCUT2D eigenvalue weighted by molar-refractivity contribution is 0.102. The number of carbonyl (C=O) groups excluding carboxylic acids is 1. The van der Waals surface area contributed by atoms with Crippen molar-refractivity contribution >= 4 is 17.4 Å². The molecular formula is C15H15ClN2O2. The molecule has 0 radical (unpaired) electrons. The second kappa shape index (κ2) is 5.29. The Morgan fingerprint density at radius 3 is 3.15 bits per heavy atom. The SMILES string of the molecule is CCCn1ncc(Cl)c1C(=O)c1ccc2c(c1)CCO2. The van der Waals surface area contributed by atoms with Gasteiger partial charge in [0, 0.05) is 18.5 Å². The monoisotopic (exact) mass is 290 g/mol. The lowest BCUT2D eigenvalue weighted by atomic mass is 10.0. The topological polar surface area (TPSA) is 44.1 Å². The number of aryl methyl sites for hydroxylation is 1. The van der Waals surface area contributed by atoms with Gasteiger partial charge in [-0.2, -0.15) is 5.10 Å². The van der Waals surface area contributed by atoms with Gasteiger partial charge in [-0.15, -0.1) is 0 Å². The van der Waals surface area contributed by atoms with Crippen LogP contribution < -0.4 is 4.74 Å². The molecule has 0 aliphatic carbocycles. The van der Waals surface area contributed by atoms with Crippen molar-refractivity contribution < 1.29 is 9.53 Å². The van der Waals surface area contributed by atoms with Gasteiger partial charge in [0.25, 0.3) is 0 Å². The summed E-state index contributed by atoms with van der Waals surface area (Å²) in [6.45, 7) is 3.40. The number of aromatic nitrogens is 2. The Labute approximate surface area is 122 Å². The number of carbonyl (C=O) groups is 1. The molecule has 1 aromatic heterocycles. The Bertz CT molecular complexity index is 664. The number of ketones is 1. The van der Waals surface area contributed by atoms with E-state index in [1.54, 1.807) is 10.7 Å². The van der Waals surface area contributed by atoms with Crippen LogP contribution in [0.15, 0.2) is 24.4 Å². The summed E-state index contributed by atoms with van der Waals surface area (Å²) in [5, 5.41) is 4.57. The molecule has 2 heterocycles. The summed E-state index contributed by atoms with van der Waals surface area (Å²) >= 11 is 6.11. The molecule has 3 rings (SSSR count). The standard InChI is InChI=1S/C15H15ClN2O2/c1-2-6-18-14(12(16)9-17-18)15(19)11-3-4-13-10(8-11)5-7-20-13/h3-4,8-9H,2,5-7H2,1H3. The van der Waals surface area contributed by atoms with E-state index in [4.69, 9.17) is 16.3 Å². The van der Waals surface area contributed by atoms with Crippen LogP contribution in [0.2, 0.25) is 5.02 Å². The molecule has 1 aliphatic heterocycles. The smallest absolute Gasteiger partial charge is 0.212 e. The van der Waals surface area contributed by atoms with Crippen molar-refractivity contribution in [3.05, 3.63) is 46.2 Å². The van der Waals surface area contributed by atoms with Crippen molar-refractivity contribution in [1.29, 1.82) is 0 Å². The second-order valence-electron chi connectivity index (χ2n) is 4.81. The fourth-order valence-electron chi connectivity index (χ4n) is 2.43. The van der Waals surface area contributed by atoms with Crippen molar-refractivity contribution in [2.75, 3.05) is 6.61 Å². The summed E-state index contributed by atoms with van der Waals surface area (Å²) in [6, 6.07) is 5.53. The molecule has 0 unspecified atom stereocenters. The number of fused-ring (bicyclic) bond motifs is 1. The molecule has 0 N–H and O–H groups in total. The second-order valence-corrected chi connectivity index (χ2v) is 5.22. The zero-order valence-corrected chi connectivity index (χ0v) is 12.0. The Morgan fingerprint density at radius 1 is 1.50 bits per heavy atom. The van der Waals surface area contributed by atoms with Gasteiger partial charge < -0.3 is 4.74 Å². The maximum atomic E-state index is 12.6. The van der Waals surface area contributed by atoms with Gasteiger partial charge in [0.2, 0.25) is 5.78 Å². The summed E-state index contributed by atoms with van der Waals surface area (Å²) in [5.41, 5.74) is 2.18. The molecule has 1 aromatic carbocycles. The Balaban J connectivity index is 1.98. The molecule has 2 aromatic rings. The average molecular weight is 291 g/mol. The molecule has 0 bridgehead atoms. The van der Waals surface area contributed by atoms with Crippen molar-refractivity contribution in [2.24, 2.45) is 0 Å². The fraction of sp³-hybridized carbons (Fsp3) is 0.333. The molecule has 0 spiro atoms. The number of ether oxygens (including phenoxy) is 1. The van der Waals surface area contributed by atoms with E-state index in [0.29, 0.717) is 29.4 Å². The Hall–Kier alpha value is -1.81. The fourth-order valence-corrected chi connectivity index (χ4v) is 2.66. The van der Waals surface area contributed by atoms with Gasteiger partial charge >= 0.3 is 0 Å². The number of hydrogen-bond acceptors (Lipinski definition) is 3. The molecule has 0 amide bonds. The average Bonchev–Trinajstić information content (AvgIpc) is 3.04. The van der Waals surface area contributed by atoms with E-state index in [2.05, 4.69) is 5.10 Å². The highest BCUT2D eigenvalue weighted by Crippen LogP contribution is 2.28. The minimum Gasteiger partial charge on any atom is -0.493 e. The summed E-state index contributed by atoms with van der Waals surface area (Å²) in [4.78, 5) is 12.6. The molecule has 1 aliphatic rings. The molecule has 104 valence electrons. The highest BCUT2D eigenvalue weighted by atomic mass is 35.5. The third kappa shape index (κ3) is 2.20. The quantitative estimate of drug-likeness (QED) is 0.813. The number of benzene rings is 1. The van der Waals surface area contributed by atoms with E-state index in [1.807, 2.05) is 19.1 Å². The number of rotatable bonds is 4. The molecule has 0 atom stereocenters. The lowest BCUT2D eigenvalue weighted by Crippen LogP contribution is -2.12. The summed E-state index contributed by atoms with van der Waals surface area (Å²) in [5.74, 6) is 0.783. The van der Waals surface area contributed by atoms with Crippen LogP contribution in [0.4, 0.5) is 0 Å². The van der Waals surface area contributed by atoms with E-state index in [-0.39, 0.29) is 5.78 Å². The number of nitrogens with zero attached hydrogens (tertiary/aromatic N) is 2. The van der Waals surface area contributed by atoms with Gasteiger partial charge in [-0.3, -0.25) is 9.48 Å². The van der Waals surface area contributed by atoms with Crippen LogP contribution >= 0.6 is 11.6 Å². The molecule has 0 saturated carbocycles. The van der Waals surface area contributed by atoms with Gasteiger partial charge in [-0.25, -0.2) is 0 Å². The number of halogens is 1. The first-order valence-electron chi connectivity index (χ1n) is 6.72. The van der Waals surface area contributed by atoms with Crippen molar-refractivity contribution in [3.63, 3.8) is 0 Å². The Morgan fingerprint density at radius 2 is 2.35 bits per heavy atom. The minimum atomic E-state index is -0.0874. The van der Waals surface area contributed by atoms with Crippen LogP contribution in [0.3, 0.4) is 0 Å². The van der Waals surface area contributed by atoms with Crippen molar-refractivity contribution in [3.8, 4) is 5.75 Å². The van der Waals surface area contributed by atoms with Crippen LogP contribution in [0.5, 0.6) is 5.75 Å². The van der Waals surface area contributed by atoms with Crippen LogP contribution in [0.25, 0.3) is 0 Å². The maximum absolute atomic E-state index is 12.6. The van der Waals surface area contributed by atoms with E-state index >= 15 is 0 Å². The minimum absolute atomic E-state index is 0.0874. The van der Waals surface area contributed by atoms with Gasteiger partial charge in [-0.05, 0) is 30.2 Å². The zero-order chi connectivity index (χ0) is 14.1. The normalized spacial score (nSPS) is 13.1. The van der Waals surface area contributed by atoms with Crippen LogP contribution in [-0.2, 0) is 13.0 Å². The molecule has 0 saturated heterocycles. The predicted octanol–water partition coefficient (Wildman–Crippen LogP) is 3.11. The molecule has 0 fully saturated rings. The van der Waals surface area contributed by atoms with Crippen LogP contribution in [0, 0.1) is 0 Å². The van der Waals surface area contributed by atoms with Crippen molar-refractivity contribution in [2.45, 2.75) is 26.3 Å². The highest BCUT2D eigenvalue weighted by Gasteiger charge is 2.21. The van der Waals surface area contributed by atoms with Crippen LogP contribution in [-0.4, -0.2) is 22.2 Å². The molecule has 4 nitrogen and oxygen atoms in total. The van der Waals surface area contributed by atoms with E-state index in [1.165, 1.54) is 6.20 Å². The highest BCUT2D eigenvalue weighted by molar-refractivity contribution is 6.34. The summed E-state index contributed by atoms with van der Waals surface area (Å²) < 4.78 is 7.13. The summed E-state index contributed by atoms with van der Waals surface area (Å²) in [7, 11) is 0. The molecular weight excluding hydrogens is 276 g/mol. The maximum Gasteiger partial charge on any atom is 0.212 e. The zero-order valence-electron chi connectivity index (χ0n) is 11.2. The third-order valence-corrected chi connectivity index (χ3v) is 3.67. The first kappa shape index (κ1) is 13.2. The van der Waals surface area contributed by atoms with Crippen LogP contribution in [0.1, 0.15) is 35.0 Å². The van der Waals surface area contributed by atoms with Gasteiger partial charge in [0.05, 0.1) is 17.8 Å². The third-order valence-electron chi connectivity index (χ3n) is 3.40. The van der Waals surface area contributed by atoms with E-state index in [9.17, 15) is 4.79 Å². The Kier molecular flexibility index (Phi) is 3.49. The summed E-state index contributed by atoms with van der Waals surface area (Å²) in [6.07, 6.45) is 3.27. The van der Waals surface area contributed by atoms with E-state index < -0.39 is 0 Å². The first-order chi connectivity index (χ1) is 9.70. The number of hydrogen-bond donors (Lipinski definition) is 0. The predicted molar refractivity (Wildman–Crippen MR) is 76.6 cm³/mol.